The molecule has 2 aliphatic heterocycles. The summed E-state index contributed by atoms with van der Waals surface area (Å²) in [6.07, 6.45) is -1.74. The van der Waals surface area contributed by atoms with E-state index >= 15 is 0 Å². The summed E-state index contributed by atoms with van der Waals surface area (Å²) in [4.78, 5) is 39.1. The number of rotatable bonds is 6. The molecular weight excluding hydrogens is 384 g/mol. The molecule has 0 unspecified atom stereocenters. The van der Waals surface area contributed by atoms with Crippen LogP contribution in [0.25, 0.3) is 0 Å². The summed E-state index contributed by atoms with van der Waals surface area (Å²) in [5.74, 6) is -0.568. The summed E-state index contributed by atoms with van der Waals surface area (Å²) < 4.78 is 23.8. The van der Waals surface area contributed by atoms with Crippen LogP contribution in [-0.4, -0.2) is 59.9 Å². The first-order valence-corrected chi connectivity index (χ1v) is 9.22. The molecule has 1 aromatic heterocycles. The topological polar surface area (TPSA) is 143 Å². The number of carbonyl (C=O) groups is 3. The summed E-state index contributed by atoms with van der Waals surface area (Å²) in [7, 11) is 0. The van der Waals surface area contributed by atoms with Crippen molar-refractivity contribution in [3.63, 3.8) is 0 Å². The Balaban J connectivity index is 1.96. The molecule has 3 rings (SSSR count). The van der Waals surface area contributed by atoms with Crippen molar-refractivity contribution in [1.29, 1.82) is 0 Å². The van der Waals surface area contributed by atoms with Crippen LogP contribution in [0.15, 0.2) is 17.3 Å². The highest BCUT2D eigenvalue weighted by molar-refractivity contribution is 6.03. The summed E-state index contributed by atoms with van der Waals surface area (Å²) in [5.41, 5.74) is 6.61. The third kappa shape index (κ3) is 4.34. The van der Waals surface area contributed by atoms with Crippen LogP contribution in [0, 0.1) is 0 Å². The molecule has 11 heteroatoms. The fourth-order valence-corrected chi connectivity index (χ4v) is 3.30. The Morgan fingerprint density at radius 3 is 2.69 bits per heavy atom. The van der Waals surface area contributed by atoms with Gasteiger partial charge in [0.05, 0.1) is 5.56 Å². The number of nitrogens with one attached hydrogen (secondary N) is 1. The Labute approximate surface area is 167 Å². The number of hydrogen-bond donors (Lipinski definition) is 2. The number of nitrogens with two attached hydrogens (primary N) is 1. The largest absolute Gasteiger partial charge is 0.463 e. The number of carbonyl (C=O) groups excluding carboxylic acids is 3. The molecule has 4 atom stereocenters. The maximum absolute atomic E-state index is 12.0. The third-order valence-electron chi connectivity index (χ3n) is 4.56. The predicted molar refractivity (Wildman–Crippen MR) is 99.9 cm³/mol. The fraction of sp³-hybridized carbons (Fsp3) is 0.556. The second kappa shape index (κ2) is 8.52. The van der Waals surface area contributed by atoms with Gasteiger partial charge in [-0.2, -0.15) is 0 Å². The Morgan fingerprint density at radius 2 is 2.03 bits per heavy atom. The molecule has 0 aliphatic carbocycles. The van der Waals surface area contributed by atoms with E-state index in [4.69, 9.17) is 24.7 Å². The van der Waals surface area contributed by atoms with Gasteiger partial charge in [0.2, 0.25) is 0 Å². The van der Waals surface area contributed by atoms with E-state index in [1.54, 1.807) is 23.8 Å². The van der Waals surface area contributed by atoms with E-state index in [0.717, 1.165) is 0 Å². The zero-order valence-corrected chi connectivity index (χ0v) is 16.4. The molecule has 0 amide bonds. The number of ether oxygens (including phenoxy) is 4. The maximum Gasteiger partial charge on any atom is 0.306 e. The predicted octanol–water partition coefficient (Wildman–Crippen LogP) is 0.290. The lowest BCUT2D eigenvalue weighted by atomic mass is 10.1. The van der Waals surface area contributed by atoms with Crippen LogP contribution in [0.2, 0.25) is 0 Å². The number of anilines is 1. The van der Waals surface area contributed by atoms with Crippen molar-refractivity contribution in [3.05, 3.63) is 17.8 Å². The number of hydrogen-bond acceptors (Lipinski definition) is 10. The number of esters is 3. The van der Waals surface area contributed by atoms with Crippen molar-refractivity contribution < 1.29 is 33.3 Å². The molecule has 2 aliphatic rings. The van der Waals surface area contributed by atoms with Crippen molar-refractivity contribution in [2.45, 2.75) is 51.7 Å². The highest BCUT2D eigenvalue weighted by Crippen LogP contribution is 2.38. The zero-order chi connectivity index (χ0) is 21.1. The van der Waals surface area contributed by atoms with E-state index in [0.29, 0.717) is 17.2 Å². The van der Waals surface area contributed by atoms with Crippen LogP contribution in [-0.2, 0) is 33.3 Å². The summed E-state index contributed by atoms with van der Waals surface area (Å²) in [6, 6.07) is 1.75. The molecule has 29 heavy (non-hydrogen) atoms. The molecule has 1 fully saturated rings. The van der Waals surface area contributed by atoms with Gasteiger partial charge >= 0.3 is 17.9 Å². The summed E-state index contributed by atoms with van der Waals surface area (Å²) in [5, 5.41) is 3.11. The third-order valence-corrected chi connectivity index (χ3v) is 4.56. The first kappa shape index (κ1) is 20.6. The van der Waals surface area contributed by atoms with E-state index in [9.17, 15) is 14.4 Å². The molecule has 3 N–H and O–H groups in total. The second-order valence-electron chi connectivity index (χ2n) is 6.61. The van der Waals surface area contributed by atoms with Gasteiger partial charge in [-0.05, 0) is 6.07 Å². The lowest BCUT2D eigenvalue weighted by Crippen LogP contribution is -2.41. The van der Waals surface area contributed by atoms with E-state index in [2.05, 4.69) is 10.3 Å². The van der Waals surface area contributed by atoms with Gasteiger partial charge in [-0.3, -0.25) is 14.4 Å². The number of aromatic nitrogens is 1. The number of amidine groups is 1. The van der Waals surface area contributed by atoms with E-state index in [1.807, 2.05) is 0 Å². The Morgan fingerprint density at radius 1 is 1.28 bits per heavy atom. The molecular formula is C18H24N4O7. The molecule has 1 aromatic rings. The van der Waals surface area contributed by atoms with Crippen LogP contribution >= 0.6 is 0 Å². The van der Waals surface area contributed by atoms with Gasteiger partial charge in [-0.1, -0.05) is 6.92 Å². The van der Waals surface area contributed by atoms with Crippen LogP contribution < -0.4 is 11.1 Å². The zero-order valence-electron chi connectivity index (χ0n) is 16.4. The monoisotopic (exact) mass is 408 g/mol. The number of nitrogens with zero attached hydrogens (tertiary/aromatic N) is 2. The first-order chi connectivity index (χ1) is 13.8. The van der Waals surface area contributed by atoms with Crippen molar-refractivity contribution in [2.75, 3.05) is 18.6 Å². The standard InChI is InChI=1S/C18H24N4O7/c1-4-13(25)29-14-12(7-26-9(2)23)28-18(15(14)27-10(3)24)22-6-5-11-16(19)20-8-21-17(11)22/h5-6,12,14-15,18,21H,4,7-8H2,1-3H3,(H2,19,20)/t12-,14-,15-,18-/m1/s1. The van der Waals surface area contributed by atoms with Crippen LogP contribution in [0.4, 0.5) is 5.82 Å². The smallest absolute Gasteiger partial charge is 0.306 e. The SMILES string of the molecule is CCC(=O)O[C@H]1[C@@H](OC(C)=O)[C@H](n2ccc3c2NCN=C3N)O[C@@H]1COC(C)=O. The average Bonchev–Trinajstić information content (AvgIpc) is 3.22. The van der Waals surface area contributed by atoms with E-state index < -0.39 is 42.4 Å². The van der Waals surface area contributed by atoms with Crippen LogP contribution in [0.1, 0.15) is 39.0 Å². The van der Waals surface area contributed by atoms with Gasteiger partial charge in [0.1, 0.15) is 31.0 Å². The van der Waals surface area contributed by atoms with Gasteiger partial charge in [-0.25, -0.2) is 4.99 Å². The molecule has 3 heterocycles. The highest BCUT2D eigenvalue weighted by atomic mass is 16.7. The Hall–Kier alpha value is -3.08. The number of aliphatic imine (C=N–C) groups is 1. The van der Waals surface area contributed by atoms with Gasteiger partial charge in [0.25, 0.3) is 0 Å². The van der Waals surface area contributed by atoms with Crippen molar-refractivity contribution >= 4 is 29.6 Å². The lowest BCUT2D eigenvalue weighted by Gasteiger charge is -2.26. The normalized spacial score (nSPS) is 25.4. The van der Waals surface area contributed by atoms with Crippen molar-refractivity contribution in [3.8, 4) is 0 Å². The average molecular weight is 408 g/mol. The first-order valence-electron chi connectivity index (χ1n) is 9.22. The Bertz CT molecular complexity index is 834. The van der Waals surface area contributed by atoms with E-state index in [-0.39, 0.29) is 19.7 Å². The minimum absolute atomic E-state index is 0.127. The second-order valence-corrected chi connectivity index (χ2v) is 6.61. The van der Waals surface area contributed by atoms with Gasteiger partial charge < -0.3 is 34.6 Å². The molecule has 0 radical (unpaired) electrons. The number of fused-ring (bicyclic) bond motifs is 1. The molecule has 1 saturated heterocycles. The molecule has 0 aromatic carbocycles. The van der Waals surface area contributed by atoms with Crippen LogP contribution in [0.5, 0.6) is 0 Å². The molecule has 158 valence electrons. The fourth-order valence-electron chi connectivity index (χ4n) is 3.30. The maximum atomic E-state index is 12.0. The summed E-state index contributed by atoms with van der Waals surface area (Å²) >= 11 is 0. The Kier molecular flexibility index (Phi) is 6.06. The quantitative estimate of drug-likeness (QED) is 0.501. The van der Waals surface area contributed by atoms with Gasteiger partial charge in [0.15, 0.2) is 18.4 Å². The molecule has 0 bridgehead atoms. The minimum atomic E-state index is -0.957. The molecule has 0 saturated carbocycles. The summed E-state index contributed by atoms with van der Waals surface area (Å²) in [6.45, 7) is 4.27. The molecule has 0 spiro atoms. The van der Waals surface area contributed by atoms with Gasteiger partial charge in [-0.15, -0.1) is 0 Å². The highest BCUT2D eigenvalue weighted by Gasteiger charge is 2.51. The lowest BCUT2D eigenvalue weighted by molar-refractivity contribution is -0.167. The van der Waals surface area contributed by atoms with Crippen molar-refractivity contribution in [2.24, 2.45) is 10.7 Å². The van der Waals surface area contributed by atoms with Crippen molar-refractivity contribution in [1.82, 2.24) is 4.57 Å². The van der Waals surface area contributed by atoms with Gasteiger partial charge in [0, 0.05) is 26.5 Å². The molecule has 11 nitrogen and oxygen atoms in total. The van der Waals surface area contributed by atoms with Crippen LogP contribution in [0.3, 0.4) is 0 Å². The minimum Gasteiger partial charge on any atom is -0.463 e. The van der Waals surface area contributed by atoms with E-state index in [1.165, 1.54) is 13.8 Å².